The Morgan fingerprint density at radius 2 is 1.77 bits per heavy atom. The number of hydrogen-bond donors (Lipinski definition) is 3. The predicted molar refractivity (Wildman–Crippen MR) is 153 cm³/mol. The number of likely N-dealkylation sites (tertiary alicyclic amines) is 1. The maximum Gasteiger partial charge on any atom is 0.250 e. The molecule has 3 aliphatic heterocycles. The molecule has 0 aromatic heterocycles. The molecule has 2 unspecified atom stereocenters. The fraction of sp³-hybridized carbons (Fsp3) is 0.516. The van der Waals surface area contributed by atoms with Crippen LogP contribution in [0.1, 0.15) is 51.6 Å². The van der Waals surface area contributed by atoms with Gasteiger partial charge in [-0.1, -0.05) is 37.3 Å². The van der Waals surface area contributed by atoms with Gasteiger partial charge in [0, 0.05) is 31.0 Å². The Hall–Kier alpha value is -3.43. The summed E-state index contributed by atoms with van der Waals surface area (Å²) in [5.41, 5.74) is 1.25. The van der Waals surface area contributed by atoms with E-state index in [4.69, 9.17) is 4.74 Å². The first-order valence-corrected chi connectivity index (χ1v) is 14.5. The van der Waals surface area contributed by atoms with Crippen molar-refractivity contribution in [2.45, 2.75) is 63.8 Å². The van der Waals surface area contributed by atoms with Crippen LogP contribution in [0.25, 0.3) is 0 Å². The molecule has 3 N–H and O–H groups in total. The molecule has 3 fully saturated rings. The van der Waals surface area contributed by atoms with Crippen LogP contribution >= 0.6 is 0 Å². The van der Waals surface area contributed by atoms with Gasteiger partial charge in [-0.25, -0.2) is 0 Å². The highest BCUT2D eigenvalue weighted by Gasteiger charge is 2.75. The summed E-state index contributed by atoms with van der Waals surface area (Å²) in [5, 5.41) is 16.5. The molecule has 2 aromatic rings. The van der Waals surface area contributed by atoms with Crippen LogP contribution in [0.5, 0.6) is 0 Å². The summed E-state index contributed by atoms with van der Waals surface area (Å²) in [6.07, 6.45) is 1.45. The lowest BCUT2D eigenvalue weighted by molar-refractivity contribution is -0.144. The number of carbonyl (C=O) groups is 3. The molecule has 3 aliphatic rings. The largest absolute Gasteiger partial charge is 0.394 e. The number of ether oxygens (including phenoxy) is 1. The molecule has 9 heteroatoms. The van der Waals surface area contributed by atoms with Gasteiger partial charge < -0.3 is 30.3 Å². The number of aliphatic hydroxyl groups excluding tert-OH is 1. The first kappa shape index (κ1) is 28.1. The second-order valence-electron chi connectivity index (χ2n) is 10.9. The zero-order chi connectivity index (χ0) is 28.4. The monoisotopic (exact) mass is 548 g/mol. The normalized spacial score (nSPS) is 27.4. The van der Waals surface area contributed by atoms with Crippen LogP contribution in [0, 0.1) is 11.8 Å². The minimum atomic E-state index is -1.14. The highest BCUT2D eigenvalue weighted by molar-refractivity contribution is 6.03. The van der Waals surface area contributed by atoms with E-state index in [9.17, 15) is 19.5 Å². The lowest BCUT2D eigenvalue weighted by atomic mass is 9.70. The van der Waals surface area contributed by atoms with Gasteiger partial charge in [-0.3, -0.25) is 14.4 Å². The molecular formula is C31H40N4O5. The Balaban J connectivity index is 1.51. The van der Waals surface area contributed by atoms with Gasteiger partial charge >= 0.3 is 0 Å². The van der Waals surface area contributed by atoms with Crippen molar-refractivity contribution in [3.8, 4) is 0 Å². The minimum Gasteiger partial charge on any atom is -0.394 e. The van der Waals surface area contributed by atoms with E-state index < -0.39 is 35.6 Å². The molecule has 1 spiro atoms. The highest BCUT2D eigenvalue weighted by atomic mass is 16.5. The van der Waals surface area contributed by atoms with Gasteiger partial charge in [-0.2, -0.15) is 0 Å². The van der Waals surface area contributed by atoms with Crippen LogP contribution < -0.4 is 15.5 Å². The molecule has 3 heterocycles. The van der Waals surface area contributed by atoms with E-state index in [0.29, 0.717) is 25.1 Å². The van der Waals surface area contributed by atoms with Crippen molar-refractivity contribution >= 4 is 29.1 Å². The average Bonchev–Trinajstić information content (AvgIpc) is 3.62. The molecule has 0 saturated carbocycles. The van der Waals surface area contributed by atoms with E-state index in [1.54, 1.807) is 0 Å². The second kappa shape index (κ2) is 11.6. The fourth-order valence-corrected chi connectivity index (χ4v) is 6.98. The second-order valence-corrected chi connectivity index (χ2v) is 10.9. The number of benzene rings is 2. The number of rotatable bonds is 11. The summed E-state index contributed by atoms with van der Waals surface area (Å²) in [4.78, 5) is 45.4. The number of nitrogens with zero attached hydrogens (tertiary/aromatic N) is 2. The fourth-order valence-electron chi connectivity index (χ4n) is 6.98. The summed E-state index contributed by atoms with van der Waals surface area (Å²) >= 11 is 0. The molecule has 214 valence electrons. The van der Waals surface area contributed by atoms with Crippen molar-refractivity contribution in [1.29, 1.82) is 0 Å². The predicted octanol–water partition coefficient (Wildman–Crippen LogP) is 3.11. The lowest BCUT2D eigenvalue weighted by Gasteiger charge is -2.36. The Morgan fingerprint density at radius 3 is 2.40 bits per heavy atom. The summed E-state index contributed by atoms with van der Waals surface area (Å²) in [7, 11) is 0. The summed E-state index contributed by atoms with van der Waals surface area (Å²) in [6, 6.07) is 15.1. The van der Waals surface area contributed by atoms with E-state index in [1.165, 1.54) is 4.90 Å². The zero-order valence-electron chi connectivity index (χ0n) is 23.5. The molecular weight excluding hydrogens is 508 g/mol. The third-order valence-electron chi connectivity index (χ3n) is 8.79. The number of aliphatic hydroxyl groups is 1. The number of amides is 3. The van der Waals surface area contributed by atoms with E-state index in [2.05, 4.69) is 29.4 Å². The average molecular weight is 549 g/mol. The molecule has 2 bridgehead atoms. The van der Waals surface area contributed by atoms with Gasteiger partial charge in [0.25, 0.3) is 0 Å². The molecule has 9 nitrogen and oxygen atoms in total. The van der Waals surface area contributed by atoms with E-state index in [-0.39, 0.29) is 24.3 Å². The summed E-state index contributed by atoms with van der Waals surface area (Å²) in [6.45, 7) is 8.06. The van der Waals surface area contributed by atoms with E-state index in [1.807, 2.05) is 61.5 Å². The van der Waals surface area contributed by atoms with Crippen LogP contribution in [0.2, 0.25) is 0 Å². The maximum atomic E-state index is 14.3. The van der Waals surface area contributed by atoms with Crippen LogP contribution in [0.3, 0.4) is 0 Å². The third kappa shape index (κ3) is 4.65. The van der Waals surface area contributed by atoms with Crippen LogP contribution in [-0.2, 0) is 19.1 Å². The lowest BCUT2D eigenvalue weighted by Crippen LogP contribution is -2.54. The molecule has 3 amide bonds. The minimum absolute atomic E-state index is 0.208. The topological polar surface area (TPSA) is 111 Å². The Labute approximate surface area is 235 Å². The van der Waals surface area contributed by atoms with Gasteiger partial charge in [-0.05, 0) is 62.9 Å². The molecule has 2 aromatic carbocycles. The number of carbonyl (C=O) groups excluding carboxylic acids is 3. The van der Waals surface area contributed by atoms with Gasteiger partial charge in [0.15, 0.2) is 0 Å². The first-order chi connectivity index (χ1) is 19.4. The first-order valence-electron chi connectivity index (χ1n) is 14.5. The zero-order valence-corrected chi connectivity index (χ0v) is 23.5. The quantitative estimate of drug-likeness (QED) is 0.398. The summed E-state index contributed by atoms with van der Waals surface area (Å²) < 4.78 is 6.51. The number of nitrogens with one attached hydrogen (secondary N) is 2. The standard InChI is InChI=1S/C31H40N4O5/c1-4-18-32-28(37)25-24-16-17-31(40-24)26(25)30(39)35(23(19-36)20-10-8-7-9-11-20)27(31)29(38)33-21-12-14-22(15-13-21)34(5-2)6-3/h7-15,23-27,36H,4-6,16-19H2,1-3H3,(H,32,37)(H,33,38)/t23-,24-,25+,26+,27?,31?/m1/s1. The SMILES string of the molecule is CCCNC(=O)[C@@H]1[C@H]2C(=O)N([C@H](CO)c3ccccc3)C(C(=O)Nc3ccc(N(CC)CC)cc3)C23CC[C@H]1O3. The van der Waals surface area contributed by atoms with Crippen molar-refractivity contribution in [2.75, 3.05) is 36.5 Å². The van der Waals surface area contributed by atoms with E-state index in [0.717, 1.165) is 30.8 Å². The van der Waals surface area contributed by atoms with Crippen molar-refractivity contribution < 1.29 is 24.2 Å². The smallest absolute Gasteiger partial charge is 0.250 e. The summed E-state index contributed by atoms with van der Waals surface area (Å²) in [5.74, 6) is -2.37. The Kier molecular flexibility index (Phi) is 8.14. The number of anilines is 2. The molecule has 6 atom stereocenters. The molecule has 0 aliphatic carbocycles. The van der Waals surface area contributed by atoms with Crippen LogP contribution in [-0.4, -0.2) is 71.7 Å². The number of hydrogen-bond acceptors (Lipinski definition) is 6. The number of fused-ring (bicyclic) bond motifs is 1. The van der Waals surface area contributed by atoms with Gasteiger partial charge in [0.05, 0.1) is 30.6 Å². The Bertz CT molecular complexity index is 1220. The van der Waals surface area contributed by atoms with Crippen LogP contribution in [0.4, 0.5) is 11.4 Å². The van der Waals surface area contributed by atoms with Crippen molar-refractivity contribution in [3.63, 3.8) is 0 Å². The Morgan fingerprint density at radius 1 is 1.07 bits per heavy atom. The van der Waals surface area contributed by atoms with Crippen LogP contribution in [0.15, 0.2) is 54.6 Å². The molecule has 0 radical (unpaired) electrons. The van der Waals surface area contributed by atoms with Gasteiger partial charge in [-0.15, -0.1) is 0 Å². The van der Waals surface area contributed by atoms with E-state index >= 15 is 0 Å². The molecule has 3 saturated heterocycles. The molecule has 40 heavy (non-hydrogen) atoms. The van der Waals surface area contributed by atoms with Crippen molar-refractivity contribution in [2.24, 2.45) is 11.8 Å². The highest BCUT2D eigenvalue weighted by Crippen LogP contribution is 2.59. The maximum absolute atomic E-state index is 14.3. The van der Waals surface area contributed by atoms with Gasteiger partial charge in [0.2, 0.25) is 17.7 Å². The third-order valence-corrected chi connectivity index (χ3v) is 8.79. The van der Waals surface area contributed by atoms with Crippen molar-refractivity contribution in [3.05, 3.63) is 60.2 Å². The molecule has 5 rings (SSSR count). The van der Waals surface area contributed by atoms with Gasteiger partial charge in [0.1, 0.15) is 11.6 Å². The van der Waals surface area contributed by atoms with Crippen molar-refractivity contribution in [1.82, 2.24) is 10.2 Å².